The van der Waals surface area contributed by atoms with E-state index in [1.54, 1.807) is 24.5 Å². The summed E-state index contributed by atoms with van der Waals surface area (Å²) in [7, 11) is 0. The number of thioether (sulfide) groups is 1. The van der Waals surface area contributed by atoms with Crippen molar-refractivity contribution in [1.29, 1.82) is 5.26 Å². The summed E-state index contributed by atoms with van der Waals surface area (Å²) >= 11 is 13.5. The van der Waals surface area contributed by atoms with E-state index in [2.05, 4.69) is 31.1 Å². The number of halogens is 2. The maximum Gasteiger partial charge on any atom is 0.234 e. The number of H-pyrrole nitrogens is 1. The first-order chi connectivity index (χ1) is 15.0. The molecule has 0 aliphatic rings. The van der Waals surface area contributed by atoms with E-state index in [4.69, 9.17) is 34.2 Å². The number of aromatic amines is 1. The molecular weight excluding hydrogens is 455 g/mol. The van der Waals surface area contributed by atoms with E-state index >= 15 is 0 Å². The fourth-order valence-corrected chi connectivity index (χ4v) is 4.15. The molecule has 4 rings (SSSR count). The molecule has 10 heteroatoms. The van der Waals surface area contributed by atoms with Crippen LogP contribution in [0.2, 0.25) is 10.2 Å². The van der Waals surface area contributed by atoms with E-state index < -0.39 is 0 Å². The molecule has 0 radical (unpaired) electrons. The van der Waals surface area contributed by atoms with Crippen molar-refractivity contribution in [3.05, 3.63) is 75.1 Å². The van der Waals surface area contributed by atoms with Crippen LogP contribution in [0.25, 0.3) is 27.6 Å². The Morgan fingerprint density at radius 3 is 2.68 bits per heavy atom. The van der Waals surface area contributed by atoms with Gasteiger partial charge in [-0.3, -0.25) is 5.10 Å². The predicted molar refractivity (Wildman–Crippen MR) is 119 cm³/mol. The first kappa shape index (κ1) is 21.0. The zero-order valence-electron chi connectivity index (χ0n) is 16.0. The first-order valence-electron chi connectivity index (χ1n) is 8.86. The fourth-order valence-electron chi connectivity index (χ4n) is 2.89. The molecule has 0 unspecified atom stereocenters. The van der Waals surface area contributed by atoms with Crippen LogP contribution in [0.1, 0.15) is 17.0 Å². The second-order valence-corrected chi connectivity index (χ2v) is 8.15. The number of oxazole rings is 1. The van der Waals surface area contributed by atoms with Gasteiger partial charge in [-0.15, -0.1) is 0 Å². The molecule has 3 aromatic heterocycles. The number of aromatic nitrogens is 4. The van der Waals surface area contributed by atoms with E-state index in [1.165, 1.54) is 11.8 Å². The zero-order chi connectivity index (χ0) is 22.0. The van der Waals surface area contributed by atoms with E-state index in [0.29, 0.717) is 38.6 Å². The molecule has 0 amide bonds. The van der Waals surface area contributed by atoms with Crippen LogP contribution < -0.4 is 0 Å². The predicted octanol–water partition coefficient (Wildman–Crippen LogP) is 6.46. The Labute approximate surface area is 191 Å². The average Bonchev–Trinajstić information content (AvgIpc) is 3.41. The molecule has 0 saturated carbocycles. The Hall–Kier alpha value is -3.30. The molecule has 152 valence electrons. The summed E-state index contributed by atoms with van der Waals surface area (Å²) in [5.41, 5.74) is 3.50. The van der Waals surface area contributed by atoms with Gasteiger partial charge in [-0.1, -0.05) is 35.0 Å². The SMILES string of the molecule is [C-]#[N+]c1c(Cl)nc(SCc2coc(-c3ccc(Cl)cc3)n2)c(C#N)c1-c1cc(C)n[nH]1. The number of nitrogens with zero attached hydrogens (tertiary/aromatic N) is 5. The lowest BCUT2D eigenvalue weighted by molar-refractivity contribution is 0.573. The lowest BCUT2D eigenvalue weighted by Crippen LogP contribution is -1.95. The van der Waals surface area contributed by atoms with Gasteiger partial charge in [-0.05, 0) is 37.3 Å². The minimum atomic E-state index is 0.0285. The van der Waals surface area contributed by atoms with Gasteiger partial charge in [-0.25, -0.2) is 14.8 Å². The molecule has 0 atom stereocenters. The van der Waals surface area contributed by atoms with Gasteiger partial charge in [0.1, 0.15) is 22.5 Å². The highest BCUT2D eigenvalue weighted by molar-refractivity contribution is 7.98. The number of hydrogen-bond acceptors (Lipinski definition) is 6. The van der Waals surface area contributed by atoms with E-state index in [9.17, 15) is 5.26 Å². The van der Waals surface area contributed by atoms with Crippen LogP contribution in [0, 0.1) is 24.8 Å². The van der Waals surface area contributed by atoms with Crippen molar-refractivity contribution < 1.29 is 4.42 Å². The van der Waals surface area contributed by atoms with Gasteiger partial charge in [0, 0.05) is 21.9 Å². The minimum Gasteiger partial charge on any atom is -0.444 e. The molecule has 0 aliphatic heterocycles. The molecule has 31 heavy (non-hydrogen) atoms. The normalized spacial score (nSPS) is 10.6. The van der Waals surface area contributed by atoms with Crippen molar-refractivity contribution in [3.8, 4) is 28.8 Å². The summed E-state index contributed by atoms with van der Waals surface area (Å²) in [6, 6.07) is 11.1. The number of benzene rings is 1. The number of hydrogen-bond donors (Lipinski definition) is 1. The summed E-state index contributed by atoms with van der Waals surface area (Å²) in [6.07, 6.45) is 1.55. The fraction of sp³-hybridized carbons (Fsp3) is 0.0952. The summed E-state index contributed by atoms with van der Waals surface area (Å²) in [4.78, 5) is 12.2. The summed E-state index contributed by atoms with van der Waals surface area (Å²) < 4.78 is 5.56. The summed E-state index contributed by atoms with van der Waals surface area (Å²) in [5, 5.41) is 17.8. The largest absolute Gasteiger partial charge is 0.444 e. The van der Waals surface area contributed by atoms with Crippen molar-refractivity contribution in [1.82, 2.24) is 20.2 Å². The lowest BCUT2D eigenvalue weighted by atomic mass is 10.1. The third kappa shape index (κ3) is 4.28. The minimum absolute atomic E-state index is 0.0285. The maximum absolute atomic E-state index is 9.82. The molecule has 0 bridgehead atoms. The molecule has 0 aliphatic carbocycles. The van der Waals surface area contributed by atoms with E-state index in [-0.39, 0.29) is 16.4 Å². The molecule has 0 saturated heterocycles. The molecular formula is C21H12Cl2N6OS. The van der Waals surface area contributed by atoms with E-state index in [1.807, 2.05) is 19.1 Å². The molecule has 1 N–H and O–H groups in total. The number of pyridine rings is 1. The molecule has 4 aromatic rings. The van der Waals surface area contributed by atoms with Crippen molar-refractivity contribution in [3.63, 3.8) is 0 Å². The van der Waals surface area contributed by atoms with Crippen molar-refractivity contribution in [2.75, 3.05) is 0 Å². The van der Waals surface area contributed by atoms with Gasteiger partial charge < -0.3 is 4.42 Å². The molecule has 0 spiro atoms. The third-order valence-corrected chi connectivity index (χ3v) is 5.82. The van der Waals surface area contributed by atoms with Crippen molar-refractivity contribution in [2.45, 2.75) is 17.7 Å². The van der Waals surface area contributed by atoms with Crippen LogP contribution in [0.3, 0.4) is 0 Å². The quantitative estimate of drug-likeness (QED) is 0.206. The van der Waals surface area contributed by atoms with Crippen LogP contribution in [-0.4, -0.2) is 20.2 Å². The van der Waals surface area contributed by atoms with E-state index in [0.717, 1.165) is 11.3 Å². The maximum atomic E-state index is 9.82. The summed E-state index contributed by atoms with van der Waals surface area (Å²) in [6.45, 7) is 9.29. The second-order valence-electron chi connectivity index (χ2n) is 6.39. The van der Waals surface area contributed by atoms with Gasteiger partial charge in [0.15, 0.2) is 0 Å². The smallest absolute Gasteiger partial charge is 0.234 e. The van der Waals surface area contributed by atoms with Crippen LogP contribution in [0.15, 0.2) is 46.0 Å². The monoisotopic (exact) mass is 466 g/mol. The van der Waals surface area contributed by atoms with Crippen molar-refractivity contribution in [2.24, 2.45) is 0 Å². The Morgan fingerprint density at radius 2 is 2.03 bits per heavy atom. The van der Waals surface area contributed by atoms with Gasteiger partial charge in [0.05, 0.1) is 29.2 Å². The molecule has 3 heterocycles. The standard InChI is InChI=1S/C21H12Cl2N6OS/c1-11-7-16(29-28-11)17-15(8-24)21(27-19(23)18(17)25-2)31-10-14-9-30-20(26-14)12-3-5-13(22)6-4-12/h3-7,9H,10H2,1H3,(H,28,29). The Bertz CT molecular complexity index is 1350. The van der Waals surface area contributed by atoms with Gasteiger partial charge in [-0.2, -0.15) is 10.4 Å². The van der Waals surface area contributed by atoms with Gasteiger partial charge in [0.25, 0.3) is 0 Å². The van der Waals surface area contributed by atoms with Gasteiger partial charge >= 0.3 is 0 Å². The Balaban J connectivity index is 1.65. The first-order valence-corrected chi connectivity index (χ1v) is 10.6. The highest BCUT2D eigenvalue weighted by Crippen LogP contribution is 2.41. The average molecular weight is 467 g/mol. The number of nitriles is 1. The Kier molecular flexibility index (Phi) is 5.97. The third-order valence-electron chi connectivity index (χ3n) is 4.29. The van der Waals surface area contributed by atoms with Crippen LogP contribution >= 0.6 is 35.0 Å². The summed E-state index contributed by atoms with van der Waals surface area (Å²) in [5.74, 6) is 0.865. The second kappa shape index (κ2) is 8.83. The van der Waals surface area contributed by atoms with Crippen LogP contribution in [-0.2, 0) is 5.75 Å². The lowest BCUT2D eigenvalue weighted by Gasteiger charge is -2.10. The Morgan fingerprint density at radius 1 is 1.26 bits per heavy atom. The van der Waals surface area contributed by atoms with Crippen LogP contribution in [0.5, 0.6) is 0 Å². The number of aryl methyl sites for hydroxylation is 1. The molecule has 1 aromatic carbocycles. The highest BCUT2D eigenvalue weighted by Gasteiger charge is 2.22. The number of rotatable bonds is 5. The molecule has 0 fully saturated rings. The zero-order valence-corrected chi connectivity index (χ0v) is 18.3. The molecule has 7 nitrogen and oxygen atoms in total. The van der Waals surface area contributed by atoms with Crippen molar-refractivity contribution >= 4 is 40.7 Å². The van der Waals surface area contributed by atoms with Crippen LogP contribution in [0.4, 0.5) is 5.69 Å². The van der Waals surface area contributed by atoms with Gasteiger partial charge in [0.2, 0.25) is 11.6 Å². The number of nitrogens with one attached hydrogen (secondary N) is 1. The topological polar surface area (TPSA) is 95.8 Å². The highest BCUT2D eigenvalue weighted by atomic mass is 35.5.